The van der Waals surface area contributed by atoms with Gasteiger partial charge >= 0.3 is 5.97 Å². The molecule has 4 nitrogen and oxygen atoms in total. The zero-order valence-electron chi connectivity index (χ0n) is 11.6. The summed E-state index contributed by atoms with van der Waals surface area (Å²) >= 11 is 3.45. The van der Waals surface area contributed by atoms with Gasteiger partial charge in [-0.15, -0.1) is 0 Å². The number of H-pyrrole nitrogens is 1. The van der Waals surface area contributed by atoms with Gasteiger partial charge in [-0.2, -0.15) is 0 Å². The highest BCUT2D eigenvalue weighted by molar-refractivity contribution is 9.10. The summed E-state index contributed by atoms with van der Waals surface area (Å²) < 4.78 is 5.66. The Labute approximate surface area is 127 Å². The molecule has 0 saturated carbocycles. The Bertz CT molecular complexity index is 580. The summed E-state index contributed by atoms with van der Waals surface area (Å²) in [5, 5.41) is 0. The second-order valence-electron chi connectivity index (χ2n) is 4.84. The molecular formula is C15H19BrN2O2. The molecule has 5 heteroatoms. The molecule has 0 saturated heterocycles. The third kappa shape index (κ3) is 4.34. The van der Waals surface area contributed by atoms with Gasteiger partial charge in [-0.05, 0) is 31.0 Å². The number of hydrogen-bond acceptors (Lipinski definition) is 3. The third-order valence-corrected chi connectivity index (χ3v) is 3.76. The van der Waals surface area contributed by atoms with Crippen LogP contribution in [0.1, 0.15) is 37.9 Å². The molecule has 0 radical (unpaired) electrons. The Kier molecular flexibility index (Phi) is 5.59. The van der Waals surface area contributed by atoms with Crippen molar-refractivity contribution in [3.63, 3.8) is 0 Å². The molecule has 0 spiro atoms. The van der Waals surface area contributed by atoms with Crippen LogP contribution >= 0.6 is 15.9 Å². The largest absolute Gasteiger partial charge is 0.469 e. The number of hydrogen-bond donors (Lipinski definition) is 1. The minimum absolute atomic E-state index is 0.118. The smallest absolute Gasteiger partial charge is 0.305 e. The first-order valence-corrected chi connectivity index (χ1v) is 7.69. The van der Waals surface area contributed by atoms with Crippen molar-refractivity contribution < 1.29 is 9.53 Å². The monoisotopic (exact) mass is 338 g/mol. The van der Waals surface area contributed by atoms with Gasteiger partial charge in [0.05, 0.1) is 18.1 Å². The van der Waals surface area contributed by atoms with Crippen LogP contribution in [0.5, 0.6) is 0 Å². The normalized spacial score (nSPS) is 10.9. The van der Waals surface area contributed by atoms with Gasteiger partial charge in [-0.25, -0.2) is 4.98 Å². The van der Waals surface area contributed by atoms with Crippen molar-refractivity contribution in [2.75, 3.05) is 7.11 Å². The topological polar surface area (TPSA) is 55.0 Å². The molecular weight excluding hydrogens is 320 g/mol. The average Bonchev–Trinajstić information content (AvgIpc) is 2.84. The lowest BCUT2D eigenvalue weighted by Gasteiger charge is -1.99. The number of methoxy groups -OCH3 is 1. The molecule has 1 aromatic heterocycles. The number of esters is 1. The molecule has 0 bridgehead atoms. The Morgan fingerprint density at radius 2 is 2.10 bits per heavy atom. The van der Waals surface area contributed by atoms with Crippen LogP contribution in [0.25, 0.3) is 11.0 Å². The van der Waals surface area contributed by atoms with E-state index in [0.29, 0.717) is 6.42 Å². The maximum atomic E-state index is 11.0. The van der Waals surface area contributed by atoms with Crippen LogP contribution in [0, 0.1) is 0 Å². The van der Waals surface area contributed by atoms with Crippen molar-refractivity contribution >= 4 is 32.9 Å². The number of aromatic nitrogens is 2. The molecule has 0 amide bonds. The molecule has 0 fully saturated rings. The number of rotatable bonds is 7. The van der Waals surface area contributed by atoms with E-state index in [-0.39, 0.29) is 5.97 Å². The number of aromatic amines is 1. The standard InChI is InChI=1S/C15H19BrN2O2/c1-20-15(19)7-5-3-2-4-6-14-17-12-9-8-11(16)10-13(12)18-14/h8-10H,2-7H2,1H3,(H,17,18). The predicted molar refractivity (Wildman–Crippen MR) is 82.6 cm³/mol. The second kappa shape index (κ2) is 7.43. The Morgan fingerprint density at radius 1 is 1.30 bits per heavy atom. The van der Waals surface area contributed by atoms with Gasteiger partial charge in [0.25, 0.3) is 0 Å². The lowest BCUT2D eigenvalue weighted by Crippen LogP contribution is -1.99. The lowest BCUT2D eigenvalue weighted by atomic mass is 10.1. The van der Waals surface area contributed by atoms with Crippen LogP contribution in [-0.2, 0) is 16.0 Å². The van der Waals surface area contributed by atoms with E-state index in [0.717, 1.165) is 53.4 Å². The molecule has 1 aromatic carbocycles. The van der Waals surface area contributed by atoms with Gasteiger partial charge in [0, 0.05) is 17.3 Å². The van der Waals surface area contributed by atoms with Crippen LogP contribution in [0.4, 0.5) is 0 Å². The van der Waals surface area contributed by atoms with E-state index in [9.17, 15) is 4.79 Å². The fourth-order valence-electron chi connectivity index (χ4n) is 2.17. The highest BCUT2D eigenvalue weighted by atomic mass is 79.9. The van der Waals surface area contributed by atoms with Crippen molar-refractivity contribution in [2.45, 2.75) is 38.5 Å². The van der Waals surface area contributed by atoms with Crippen molar-refractivity contribution in [2.24, 2.45) is 0 Å². The first-order valence-electron chi connectivity index (χ1n) is 6.90. The van der Waals surface area contributed by atoms with Gasteiger partial charge in [0.1, 0.15) is 5.82 Å². The van der Waals surface area contributed by atoms with E-state index in [1.165, 1.54) is 7.11 Å². The van der Waals surface area contributed by atoms with E-state index in [1.54, 1.807) is 0 Å². The van der Waals surface area contributed by atoms with Gasteiger partial charge < -0.3 is 9.72 Å². The fourth-order valence-corrected chi connectivity index (χ4v) is 2.52. The molecule has 20 heavy (non-hydrogen) atoms. The number of imidazole rings is 1. The molecule has 2 aromatic rings. The summed E-state index contributed by atoms with van der Waals surface area (Å²) in [5.74, 6) is 0.916. The minimum Gasteiger partial charge on any atom is -0.469 e. The Morgan fingerprint density at radius 3 is 2.90 bits per heavy atom. The summed E-state index contributed by atoms with van der Waals surface area (Å²) in [4.78, 5) is 18.9. The number of carbonyl (C=O) groups is 1. The van der Waals surface area contributed by atoms with E-state index >= 15 is 0 Å². The number of aryl methyl sites for hydroxylation is 1. The first kappa shape index (κ1) is 15.0. The fraction of sp³-hybridized carbons (Fsp3) is 0.467. The molecule has 0 aliphatic heterocycles. The van der Waals surface area contributed by atoms with E-state index in [2.05, 4.69) is 30.6 Å². The SMILES string of the molecule is COC(=O)CCCCCCc1nc2cc(Br)ccc2[nH]1. The third-order valence-electron chi connectivity index (χ3n) is 3.27. The number of nitrogens with one attached hydrogen (secondary N) is 1. The van der Waals surface area contributed by atoms with Crippen LogP contribution in [0.15, 0.2) is 22.7 Å². The highest BCUT2D eigenvalue weighted by Crippen LogP contribution is 2.18. The number of benzene rings is 1. The maximum Gasteiger partial charge on any atom is 0.305 e. The summed E-state index contributed by atoms with van der Waals surface area (Å²) in [6, 6.07) is 6.06. The summed E-state index contributed by atoms with van der Waals surface area (Å²) in [5.41, 5.74) is 2.08. The summed E-state index contributed by atoms with van der Waals surface area (Å²) in [6.45, 7) is 0. The van der Waals surface area contributed by atoms with E-state index in [4.69, 9.17) is 0 Å². The van der Waals surface area contributed by atoms with Gasteiger partial charge in [0.2, 0.25) is 0 Å². The number of unbranched alkanes of at least 4 members (excludes halogenated alkanes) is 3. The molecule has 2 rings (SSSR count). The van der Waals surface area contributed by atoms with Crippen molar-refractivity contribution in [1.29, 1.82) is 0 Å². The first-order chi connectivity index (χ1) is 9.69. The molecule has 1 N–H and O–H groups in total. The lowest BCUT2D eigenvalue weighted by molar-refractivity contribution is -0.140. The Hall–Kier alpha value is -1.36. The van der Waals surface area contributed by atoms with Crippen LogP contribution < -0.4 is 0 Å². The van der Waals surface area contributed by atoms with Gasteiger partial charge in [0.15, 0.2) is 0 Å². The predicted octanol–water partition coefficient (Wildman–Crippen LogP) is 3.99. The quantitative estimate of drug-likeness (QED) is 0.613. The molecule has 0 aliphatic rings. The molecule has 1 heterocycles. The highest BCUT2D eigenvalue weighted by Gasteiger charge is 2.03. The zero-order chi connectivity index (χ0) is 14.4. The van der Waals surface area contributed by atoms with Gasteiger partial charge in [-0.1, -0.05) is 28.8 Å². The summed E-state index contributed by atoms with van der Waals surface area (Å²) in [6.07, 6.45) is 5.63. The van der Waals surface area contributed by atoms with Crippen LogP contribution in [-0.4, -0.2) is 23.0 Å². The maximum absolute atomic E-state index is 11.0. The number of ether oxygens (including phenoxy) is 1. The van der Waals surface area contributed by atoms with E-state index < -0.39 is 0 Å². The number of carbonyl (C=O) groups excluding carboxylic acids is 1. The molecule has 0 atom stereocenters. The van der Waals surface area contributed by atoms with Crippen molar-refractivity contribution in [3.8, 4) is 0 Å². The number of nitrogens with zero attached hydrogens (tertiary/aromatic N) is 1. The number of fused-ring (bicyclic) bond motifs is 1. The van der Waals surface area contributed by atoms with E-state index in [1.807, 2.05) is 18.2 Å². The van der Waals surface area contributed by atoms with Gasteiger partial charge in [-0.3, -0.25) is 4.79 Å². The Balaban J connectivity index is 1.72. The zero-order valence-corrected chi connectivity index (χ0v) is 13.2. The summed E-state index contributed by atoms with van der Waals surface area (Å²) in [7, 11) is 1.43. The molecule has 108 valence electrons. The second-order valence-corrected chi connectivity index (χ2v) is 5.75. The number of halogens is 1. The average molecular weight is 339 g/mol. The van der Waals surface area contributed by atoms with Crippen LogP contribution in [0.3, 0.4) is 0 Å². The van der Waals surface area contributed by atoms with Crippen molar-refractivity contribution in [3.05, 3.63) is 28.5 Å². The van der Waals surface area contributed by atoms with Crippen molar-refractivity contribution in [1.82, 2.24) is 9.97 Å². The molecule has 0 aliphatic carbocycles. The molecule has 0 unspecified atom stereocenters. The van der Waals surface area contributed by atoms with Crippen LogP contribution in [0.2, 0.25) is 0 Å². The minimum atomic E-state index is -0.118.